The van der Waals surface area contributed by atoms with E-state index in [1.54, 1.807) is 54.6 Å². The van der Waals surface area contributed by atoms with Gasteiger partial charge in [-0.3, -0.25) is 0 Å². The molecule has 0 atom stereocenters. The molecule has 0 unspecified atom stereocenters. The third-order valence-electron chi connectivity index (χ3n) is 7.20. The van der Waals surface area contributed by atoms with E-state index < -0.39 is 28.9 Å². The lowest BCUT2D eigenvalue weighted by molar-refractivity contribution is -0.138. The highest BCUT2D eigenvalue weighted by molar-refractivity contribution is 5.74. The van der Waals surface area contributed by atoms with E-state index in [1.807, 2.05) is 30.3 Å². The van der Waals surface area contributed by atoms with E-state index in [4.69, 9.17) is 11.5 Å². The van der Waals surface area contributed by atoms with Crippen molar-refractivity contribution in [3.05, 3.63) is 155 Å². The van der Waals surface area contributed by atoms with Crippen LogP contribution in [0.1, 0.15) is 33.4 Å². The van der Waals surface area contributed by atoms with Crippen LogP contribution in [0.2, 0.25) is 0 Å². The van der Waals surface area contributed by atoms with Gasteiger partial charge in [0, 0.05) is 11.4 Å². The second-order valence-corrected chi connectivity index (χ2v) is 9.66. The van der Waals surface area contributed by atoms with Gasteiger partial charge in [0.1, 0.15) is 0 Å². The van der Waals surface area contributed by atoms with Crippen molar-refractivity contribution in [2.75, 3.05) is 11.5 Å². The fourth-order valence-electron chi connectivity index (χ4n) is 5.28. The number of nitrogen functional groups attached to an aromatic ring is 2. The van der Waals surface area contributed by atoms with Crippen LogP contribution in [0.15, 0.2) is 121 Å². The maximum absolute atomic E-state index is 14.0. The Morgan fingerprint density at radius 1 is 0.390 bits per heavy atom. The van der Waals surface area contributed by atoms with Crippen LogP contribution in [0, 0.1) is 0 Å². The molecule has 0 radical (unpaired) electrons. The molecule has 0 heterocycles. The Morgan fingerprint density at radius 2 is 0.756 bits per heavy atom. The Morgan fingerprint density at radius 3 is 1.20 bits per heavy atom. The summed E-state index contributed by atoms with van der Waals surface area (Å²) in [7, 11) is 0. The second-order valence-electron chi connectivity index (χ2n) is 9.66. The molecule has 5 aromatic rings. The van der Waals surface area contributed by atoms with E-state index in [0.717, 1.165) is 47.5 Å². The number of alkyl halides is 6. The quantitative estimate of drug-likeness (QED) is 0.128. The molecule has 0 aromatic heterocycles. The Balaban J connectivity index is 1.93. The lowest BCUT2D eigenvalue weighted by atomic mass is 9.63. The summed E-state index contributed by atoms with van der Waals surface area (Å²) in [6.45, 7) is 0. The molecule has 208 valence electrons. The van der Waals surface area contributed by atoms with Crippen molar-refractivity contribution < 1.29 is 26.3 Å². The van der Waals surface area contributed by atoms with Crippen molar-refractivity contribution in [3.8, 4) is 11.1 Å². The number of hydrogen-bond acceptors (Lipinski definition) is 2. The van der Waals surface area contributed by atoms with Gasteiger partial charge in [0.25, 0.3) is 0 Å². The summed E-state index contributed by atoms with van der Waals surface area (Å²) >= 11 is 0. The number of halogens is 6. The highest BCUT2D eigenvalue weighted by Gasteiger charge is 2.44. The van der Waals surface area contributed by atoms with E-state index in [9.17, 15) is 26.3 Å². The minimum atomic E-state index is -4.73. The Kier molecular flexibility index (Phi) is 7.03. The topological polar surface area (TPSA) is 52.0 Å². The van der Waals surface area contributed by atoms with Crippen LogP contribution in [0.5, 0.6) is 0 Å². The Labute approximate surface area is 232 Å². The molecule has 0 saturated heterocycles. The summed E-state index contributed by atoms with van der Waals surface area (Å²) in [5.74, 6) is 0. The third kappa shape index (κ3) is 5.13. The molecule has 41 heavy (non-hydrogen) atoms. The molecule has 2 nitrogen and oxygen atoms in total. The molecule has 0 bridgehead atoms. The number of anilines is 2. The van der Waals surface area contributed by atoms with Gasteiger partial charge >= 0.3 is 12.4 Å². The molecule has 5 aromatic carbocycles. The summed E-state index contributed by atoms with van der Waals surface area (Å²) in [5.41, 5.74) is 11.4. The molecule has 0 aliphatic rings. The number of benzene rings is 5. The second kappa shape index (κ2) is 10.4. The van der Waals surface area contributed by atoms with Crippen molar-refractivity contribution in [1.82, 2.24) is 0 Å². The van der Waals surface area contributed by atoms with Gasteiger partial charge in [0.15, 0.2) is 0 Å². The molecule has 5 rings (SSSR count). The molecule has 0 spiro atoms. The van der Waals surface area contributed by atoms with Crippen molar-refractivity contribution in [1.29, 1.82) is 0 Å². The lowest BCUT2D eigenvalue weighted by Gasteiger charge is -2.39. The predicted molar refractivity (Wildman–Crippen MR) is 149 cm³/mol. The molecular formula is C33H24F6N2. The highest BCUT2D eigenvalue weighted by atomic mass is 19.4. The lowest BCUT2D eigenvalue weighted by Crippen LogP contribution is -2.33. The van der Waals surface area contributed by atoms with Crippen molar-refractivity contribution in [2.24, 2.45) is 0 Å². The number of nitrogens with two attached hydrogens (primary N) is 2. The van der Waals surface area contributed by atoms with Gasteiger partial charge in [-0.1, -0.05) is 84.9 Å². The van der Waals surface area contributed by atoms with Crippen LogP contribution in [0.4, 0.5) is 37.7 Å². The zero-order valence-corrected chi connectivity index (χ0v) is 21.5. The molecule has 8 heteroatoms. The zero-order chi connectivity index (χ0) is 29.4. The van der Waals surface area contributed by atoms with E-state index in [2.05, 4.69) is 0 Å². The van der Waals surface area contributed by atoms with Gasteiger partial charge in [-0.2, -0.15) is 26.3 Å². The monoisotopic (exact) mass is 562 g/mol. The highest BCUT2D eigenvalue weighted by Crippen LogP contribution is 2.51. The van der Waals surface area contributed by atoms with Gasteiger partial charge in [-0.15, -0.1) is 0 Å². The summed E-state index contributed by atoms with van der Waals surface area (Å²) in [6.07, 6.45) is -9.47. The fourth-order valence-corrected chi connectivity index (χ4v) is 5.28. The fraction of sp³-hybridized carbons (Fsp3) is 0.0909. The smallest absolute Gasteiger partial charge is 0.398 e. The Hall–Kier alpha value is -4.72. The minimum absolute atomic E-state index is 0.0363. The van der Waals surface area contributed by atoms with Gasteiger partial charge in [0.05, 0.1) is 16.5 Å². The summed E-state index contributed by atoms with van der Waals surface area (Å²) in [5, 5.41) is 0. The largest absolute Gasteiger partial charge is 0.416 e. The standard InChI is InChI=1S/C33H24F6N2/c34-32(35,36)25-15-17-29(40)27(19-25)31(23-9-5-2-6-10-23,28-20-26(33(37,38)39)16-18-30(28)41)24-13-11-22(12-14-24)21-7-3-1-4-8-21/h1-20H,40-41H2. The predicted octanol–water partition coefficient (Wildman–Crippen LogP) is 8.94. The van der Waals surface area contributed by atoms with Crippen molar-refractivity contribution in [3.63, 3.8) is 0 Å². The summed E-state index contributed by atoms with van der Waals surface area (Å²) in [4.78, 5) is 0. The SMILES string of the molecule is Nc1ccc(C(F)(F)F)cc1C(c1ccccc1)(c1ccc(-c2ccccc2)cc1)c1cc(C(F)(F)F)ccc1N. The first-order valence-corrected chi connectivity index (χ1v) is 12.6. The van der Waals surface area contributed by atoms with E-state index in [1.165, 1.54) is 0 Å². The van der Waals surface area contributed by atoms with Crippen LogP contribution in [0.3, 0.4) is 0 Å². The van der Waals surface area contributed by atoms with Crippen LogP contribution < -0.4 is 11.5 Å². The van der Waals surface area contributed by atoms with Crippen molar-refractivity contribution >= 4 is 11.4 Å². The average Bonchev–Trinajstić information content (AvgIpc) is 2.95. The number of hydrogen-bond donors (Lipinski definition) is 2. The molecular weight excluding hydrogens is 538 g/mol. The van der Waals surface area contributed by atoms with Crippen LogP contribution in [0.25, 0.3) is 11.1 Å². The molecule has 4 N–H and O–H groups in total. The van der Waals surface area contributed by atoms with Crippen LogP contribution in [-0.4, -0.2) is 0 Å². The minimum Gasteiger partial charge on any atom is -0.398 e. The first-order valence-electron chi connectivity index (χ1n) is 12.6. The summed E-state index contributed by atoms with van der Waals surface area (Å²) < 4.78 is 84.1. The Bertz CT molecular complexity index is 1600. The molecule has 0 saturated carbocycles. The van der Waals surface area contributed by atoms with Gasteiger partial charge in [-0.05, 0) is 69.8 Å². The van der Waals surface area contributed by atoms with Crippen molar-refractivity contribution in [2.45, 2.75) is 17.8 Å². The number of rotatable bonds is 5. The maximum atomic E-state index is 14.0. The van der Waals surface area contributed by atoms with Gasteiger partial charge in [-0.25, -0.2) is 0 Å². The van der Waals surface area contributed by atoms with E-state index in [0.29, 0.717) is 11.1 Å². The zero-order valence-electron chi connectivity index (χ0n) is 21.5. The molecule has 0 aliphatic heterocycles. The maximum Gasteiger partial charge on any atom is 0.416 e. The van der Waals surface area contributed by atoms with Gasteiger partial charge in [0.2, 0.25) is 0 Å². The van der Waals surface area contributed by atoms with E-state index in [-0.39, 0.29) is 22.5 Å². The molecule has 0 amide bonds. The summed E-state index contributed by atoms with van der Waals surface area (Å²) in [6, 6.07) is 30.4. The third-order valence-corrected chi connectivity index (χ3v) is 7.20. The average molecular weight is 563 g/mol. The molecule has 0 fully saturated rings. The van der Waals surface area contributed by atoms with E-state index >= 15 is 0 Å². The van der Waals surface area contributed by atoms with Gasteiger partial charge < -0.3 is 11.5 Å². The van der Waals surface area contributed by atoms with Crippen LogP contribution in [-0.2, 0) is 17.8 Å². The first-order chi connectivity index (χ1) is 19.4. The normalized spacial score (nSPS) is 12.3. The van der Waals surface area contributed by atoms with Crippen LogP contribution >= 0.6 is 0 Å². The first kappa shape index (κ1) is 27.8. The molecule has 0 aliphatic carbocycles.